The van der Waals surface area contributed by atoms with Crippen molar-refractivity contribution >= 4 is 51.7 Å². The lowest BCUT2D eigenvalue weighted by Crippen LogP contribution is -2.46. The third-order valence-electron chi connectivity index (χ3n) is 6.72. The van der Waals surface area contributed by atoms with E-state index >= 15 is 0 Å². The number of thiocarbonyl (C=S) groups is 1. The fraction of sp³-hybridized carbons (Fsp3) is 0.357. The Labute approximate surface area is 231 Å². The number of methoxy groups -OCH3 is 1. The molecule has 0 N–H and O–H groups in total. The summed E-state index contributed by atoms with van der Waals surface area (Å²) >= 11 is 6.78. The monoisotopic (exact) mass is 550 g/mol. The van der Waals surface area contributed by atoms with Crippen molar-refractivity contribution in [1.29, 1.82) is 0 Å². The van der Waals surface area contributed by atoms with Crippen LogP contribution in [-0.4, -0.2) is 63.5 Å². The summed E-state index contributed by atoms with van der Waals surface area (Å²) in [5.74, 6) is 1.15. The van der Waals surface area contributed by atoms with E-state index in [-0.39, 0.29) is 23.7 Å². The van der Waals surface area contributed by atoms with Crippen LogP contribution < -0.4 is 15.2 Å². The highest BCUT2D eigenvalue weighted by atomic mass is 32.2. The van der Waals surface area contributed by atoms with Crippen LogP contribution in [0, 0.1) is 6.92 Å². The molecule has 0 bridgehead atoms. The van der Waals surface area contributed by atoms with Crippen LogP contribution in [0.2, 0.25) is 0 Å². The minimum atomic E-state index is -0.219. The van der Waals surface area contributed by atoms with Gasteiger partial charge >= 0.3 is 0 Å². The van der Waals surface area contributed by atoms with Crippen LogP contribution in [0.25, 0.3) is 11.7 Å². The molecule has 2 aliphatic rings. The normalized spacial score (nSPS) is 21.1. The van der Waals surface area contributed by atoms with Crippen LogP contribution in [0.15, 0.2) is 52.3 Å². The van der Waals surface area contributed by atoms with Crippen molar-refractivity contribution < 1.29 is 14.3 Å². The van der Waals surface area contributed by atoms with Gasteiger partial charge in [-0.3, -0.25) is 18.9 Å². The van der Waals surface area contributed by atoms with Gasteiger partial charge in [-0.1, -0.05) is 42.2 Å². The lowest BCUT2D eigenvalue weighted by Gasteiger charge is -2.36. The number of amides is 1. The third-order valence-corrected chi connectivity index (χ3v) is 8.09. The second-order valence-corrected chi connectivity index (χ2v) is 11.3. The fourth-order valence-electron chi connectivity index (χ4n) is 4.88. The number of benzene rings is 1. The molecule has 0 radical (unpaired) electrons. The fourth-order valence-corrected chi connectivity index (χ4v) is 6.17. The van der Waals surface area contributed by atoms with Gasteiger partial charge in [0, 0.05) is 25.8 Å². The molecule has 0 saturated carbocycles. The van der Waals surface area contributed by atoms with E-state index in [0.717, 1.165) is 16.9 Å². The first kappa shape index (κ1) is 26.4. The molecule has 2 aromatic heterocycles. The molecule has 38 heavy (non-hydrogen) atoms. The van der Waals surface area contributed by atoms with E-state index in [9.17, 15) is 9.59 Å². The smallest absolute Gasteiger partial charge is 0.267 e. The number of nitrogens with zero attached hydrogens (tertiary/aromatic N) is 4. The molecule has 1 amide bonds. The van der Waals surface area contributed by atoms with Crippen LogP contribution in [0.3, 0.4) is 0 Å². The van der Waals surface area contributed by atoms with Crippen molar-refractivity contribution in [1.82, 2.24) is 14.3 Å². The summed E-state index contributed by atoms with van der Waals surface area (Å²) in [6.45, 7) is 7.60. The van der Waals surface area contributed by atoms with Crippen molar-refractivity contribution in [3.05, 3.63) is 74.5 Å². The Morgan fingerprint density at radius 3 is 2.55 bits per heavy atom. The maximum atomic E-state index is 13.8. The van der Waals surface area contributed by atoms with Gasteiger partial charge in [-0.15, -0.1) is 0 Å². The van der Waals surface area contributed by atoms with E-state index in [1.54, 1.807) is 28.7 Å². The van der Waals surface area contributed by atoms with Gasteiger partial charge in [0.1, 0.15) is 21.5 Å². The zero-order chi connectivity index (χ0) is 27.0. The van der Waals surface area contributed by atoms with Gasteiger partial charge in [0.2, 0.25) is 0 Å². The Morgan fingerprint density at radius 1 is 1.16 bits per heavy atom. The Hall–Kier alpha value is -3.21. The number of hydrogen-bond donors (Lipinski definition) is 0. The van der Waals surface area contributed by atoms with E-state index in [0.29, 0.717) is 52.3 Å². The molecule has 10 heteroatoms. The average molecular weight is 551 g/mol. The van der Waals surface area contributed by atoms with E-state index < -0.39 is 0 Å². The van der Waals surface area contributed by atoms with Crippen molar-refractivity contribution in [2.24, 2.45) is 0 Å². The quantitative estimate of drug-likeness (QED) is 0.336. The molecular weight excluding hydrogens is 520 g/mol. The molecule has 0 unspecified atom stereocenters. The van der Waals surface area contributed by atoms with Crippen molar-refractivity contribution in [3.8, 4) is 5.75 Å². The summed E-state index contributed by atoms with van der Waals surface area (Å²) in [5.41, 5.74) is 2.74. The highest BCUT2D eigenvalue weighted by Crippen LogP contribution is 2.34. The van der Waals surface area contributed by atoms with Crippen molar-refractivity contribution in [2.45, 2.75) is 39.4 Å². The predicted molar refractivity (Wildman–Crippen MR) is 155 cm³/mol. The van der Waals surface area contributed by atoms with Gasteiger partial charge in [0.05, 0.1) is 29.8 Å². The molecule has 2 fully saturated rings. The second-order valence-electron chi connectivity index (χ2n) is 9.63. The molecule has 2 aliphatic heterocycles. The Balaban J connectivity index is 1.49. The summed E-state index contributed by atoms with van der Waals surface area (Å²) in [5, 5.41) is 0. The summed E-state index contributed by atoms with van der Waals surface area (Å²) in [6.07, 6.45) is 4.00. The van der Waals surface area contributed by atoms with Crippen LogP contribution in [0.5, 0.6) is 5.75 Å². The molecule has 0 aliphatic carbocycles. The van der Waals surface area contributed by atoms with Crippen LogP contribution >= 0.6 is 24.0 Å². The number of aromatic nitrogens is 2. The first-order valence-electron chi connectivity index (χ1n) is 12.6. The zero-order valence-electron chi connectivity index (χ0n) is 21.8. The van der Waals surface area contributed by atoms with Crippen LogP contribution in [-0.2, 0) is 16.0 Å². The highest BCUT2D eigenvalue weighted by Gasteiger charge is 2.33. The third kappa shape index (κ3) is 5.21. The van der Waals surface area contributed by atoms with Gasteiger partial charge in [-0.25, -0.2) is 4.98 Å². The molecule has 0 spiro atoms. The topological polar surface area (TPSA) is 76.4 Å². The minimum Gasteiger partial charge on any atom is -0.497 e. The van der Waals surface area contributed by atoms with Crippen molar-refractivity contribution in [3.63, 3.8) is 0 Å². The van der Waals surface area contributed by atoms with E-state index in [2.05, 4.69) is 4.90 Å². The lowest BCUT2D eigenvalue weighted by molar-refractivity contribution is -0.122. The number of morpholine rings is 1. The number of thioether (sulfide) groups is 1. The number of aryl methyl sites for hydroxylation is 1. The van der Waals surface area contributed by atoms with Gasteiger partial charge < -0.3 is 14.4 Å². The number of carbonyl (C=O) groups is 1. The number of carbonyl (C=O) groups excluding carboxylic acids is 1. The molecule has 5 rings (SSSR count). The summed E-state index contributed by atoms with van der Waals surface area (Å²) in [6, 6.07) is 11.5. The number of rotatable bonds is 6. The Bertz CT molecular complexity index is 1470. The van der Waals surface area contributed by atoms with Gasteiger partial charge in [0.15, 0.2) is 0 Å². The van der Waals surface area contributed by atoms with Gasteiger partial charge in [-0.05, 0) is 62.6 Å². The van der Waals surface area contributed by atoms with Crippen molar-refractivity contribution in [2.75, 3.05) is 31.6 Å². The second kappa shape index (κ2) is 10.9. The van der Waals surface area contributed by atoms with E-state index in [1.165, 1.54) is 11.8 Å². The molecule has 1 aromatic carbocycles. The molecule has 4 heterocycles. The maximum Gasteiger partial charge on any atom is 0.267 e. The number of hydrogen-bond acceptors (Lipinski definition) is 8. The van der Waals surface area contributed by atoms with Gasteiger partial charge in [0.25, 0.3) is 11.5 Å². The minimum absolute atomic E-state index is 0.0140. The van der Waals surface area contributed by atoms with E-state index in [4.69, 9.17) is 26.7 Å². The molecule has 2 atom stereocenters. The van der Waals surface area contributed by atoms with Crippen LogP contribution in [0.1, 0.15) is 30.5 Å². The summed E-state index contributed by atoms with van der Waals surface area (Å²) in [7, 11) is 1.63. The Morgan fingerprint density at radius 2 is 1.87 bits per heavy atom. The molecule has 3 aromatic rings. The predicted octanol–water partition coefficient (Wildman–Crippen LogP) is 4.07. The first-order chi connectivity index (χ1) is 18.2. The Kier molecular flexibility index (Phi) is 7.56. The standard InChI is InChI=1S/C28H30N4O4S2/c1-17-6-5-12-31-24(17)29-25(30-15-18(2)36-19(3)16-30)22(26(31)33)14-23-27(34)32(28(37)38-23)13-11-20-7-9-21(35-4)10-8-20/h5-10,12,14,18-19H,11,13,15-16H2,1-4H3/b23-14-/t18-,19+. The SMILES string of the molecule is COc1ccc(CCN2C(=O)/C(=C/c3c(N4C[C@@H](C)O[C@@H](C)C4)nc4c(C)cccn4c3=O)SC2=S)cc1. The number of pyridine rings is 1. The maximum absolute atomic E-state index is 13.8. The van der Waals surface area contributed by atoms with E-state index in [1.807, 2.05) is 57.2 Å². The van der Waals surface area contributed by atoms with Crippen LogP contribution in [0.4, 0.5) is 5.82 Å². The zero-order valence-corrected chi connectivity index (χ0v) is 23.5. The largest absolute Gasteiger partial charge is 0.497 e. The number of anilines is 1. The molecular formula is C28H30N4O4S2. The highest BCUT2D eigenvalue weighted by molar-refractivity contribution is 8.26. The molecule has 8 nitrogen and oxygen atoms in total. The number of fused-ring (bicyclic) bond motifs is 1. The van der Waals surface area contributed by atoms with Gasteiger partial charge in [-0.2, -0.15) is 0 Å². The number of ether oxygens (including phenoxy) is 2. The summed E-state index contributed by atoms with van der Waals surface area (Å²) < 4.78 is 13.2. The summed E-state index contributed by atoms with van der Waals surface area (Å²) in [4.78, 5) is 36.2. The molecule has 2 saturated heterocycles. The average Bonchev–Trinajstić information content (AvgIpc) is 3.16. The molecule has 198 valence electrons. The lowest BCUT2D eigenvalue weighted by atomic mass is 10.1. The first-order valence-corrected chi connectivity index (χ1v) is 13.8.